The minimum Gasteiger partial charge on any atom is -0.491 e. The lowest BCUT2D eigenvalue weighted by Gasteiger charge is -2.13. The predicted molar refractivity (Wildman–Crippen MR) is 97.9 cm³/mol. The van der Waals surface area contributed by atoms with Crippen LogP contribution in [0.1, 0.15) is 13.8 Å². The molecule has 2 heterocycles. The summed E-state index contributed by atoms with van der Waals surface area (Å²) in [7, 11) is 1.60. The van der Waals surface area contributed by atoms with E-state index in [1.165, 1.54) is 0 Å². The summed E-state index contributed by atoms with van der Waals surface area (Å²) < 4.78 is 5.23. The SMILES string of the molecule is COc1cnc(-c2ccccn2)nc1NC(C)C.O=C(O)[C@H](O)[C@@H](O)C(=O)O. The molecular formula is C17H22N4O7. The van der Waals surface area contributed by atoms with Crippen molar-refractivity contribution in [2.75, 3.05) is 12.4 Å². The van der Waals surface area contributed by atoms with Crippen molar-refractivity contribution < 1.29 is 34.8 Å². The smallest absolute Gasteiger partial charge is 0.335 e. The van der Waals surface area contributed by atoms with Crippen molar-refractivity contribution in [3.63, 3.8) is 0 Å². The number of carboxylic acid groups (broad SMARTS) is 2. The number of carboxylic acids is 2. The van der Waals surface area contributed by atoms with Gasteiger partial charge in [-0.3, -0.25) is 4.98 Å². The van der Waals surface area contributed by atoms with E-state index in [1.807, 2.05) is 32.0 Å². The van der Waals surface area contributed by atoms with Gasteiger partial charge >= 0.3 is 11.9 Å². The summed E-state index contributed by atoms with van der Waals surface area (Å²) in [5.74, 6) is -1.64. The molecule has 0 spiro atoms. The van der Waals surface area contributed by atoms with Crippen molar-refractivity contribution in [3.05, 3.63) is 30.6 Å². The Bertz CT molecular complexity index is 768. The quantitative estimate of drug-likeness (QED) is 0.435. The highest BCUT2D eigenvalue weighted by molar-refractivity contribution is 5.83. The lowest BCUT2D eigenvalue weighted by molar-refractivity contribution is -0.165. The first-order valence-corrected chi connectivity index (χ1v) is 8.08. The third-order valence-electron chi connectivity index (χ3n) is 3.10. The summed E-state index contributed by atoms with van der Waals surface area (Å²) in [5, 5.41) is 35.8. The Kier molecular flexibility index (Phi) is 8.72. The summed E-state index contributed by atoms with van der Waals surface area (Å²) in [5.41, 5.74) is 0.743. The van der Waals surface area contributed by atoms with Gasteiger partial charge in [0.2, 0.25) is 0 Å². The van der Waals surface area contributed by atoms with Gasteiger partial charge in [0.1, 0.15) is 5.69 Å². The van der Waals surface area contributed by atoms with Crippen LogP contribution >= 0.6 is 0 Å². The molecule has 11 heteroatoms. The summed E-state index contributed by atoms with van der Waals surface area (Å²) in [6.07, 6.45) is -1.16. The number of hydrogen-bond donors (Lipinski definition) is 5. The maximum atomic E-state index is 9.77. The molecule has 0 aliphatic rings. The summed E-state index contributed by atoms with van der Waals surface area (Å²) in [6.45, 7) is 4.09. The number of carbonyl (C=O) groups is 2. The highest BCUT2D eigenvalue weighted by atomic mass is 16.5. The number of ether oxygens (including phenoxy) is 1. The second-order valence-corrected chi connectivity index (χ2v) is 5.69. The summed E-state index contributed by atoms with van der Waals surface area (Å²) in [4.78, 5) is 32.5. The minimum absolute atomic E-state index is 0.269. The Morgan fingerprint density at radius 3 is 2.11 bits per heavy atom. The van der Waals surface area contributed by atoms with Crippen molar-refractivity contribution in [3.8, 4) is 17.3 Å². The zero-order valence-electron chi connectivity index (χ0n) is 15.5. The van der Waals surface area contributed by atoms with Crippen molar-refractivity contribution in [2.45, 2.75) is 32.1 Å². The number of aliphatic carboxylic acids is 2. The Labute approximate surface area is 160 Å². The van der Waals surface area contributed by atoms with E-state index in [0.29, 0.717) is 17.4 Å². The number of aromatic nitrogens is 3. The topological polar surface area (TPSA) is 175 Å². The van der Waals surface area contributed by atoms with E-state index < -0.39 is 24.1 Å². The molecule has 28 heavy (non-hydrogen) atoms. The largest absolute Gasteiger partial charge is 0.491 e. The van der Waals surface area contributed by atoms with Gasteiger partial charge in [0.05, 0.1) is 13.3 Å². The predicted octanol–water partition coefficient (Wildman–Crippen LogP) is 0.245. The number of nitrogens with one attached hydrogen (secondary N) is 1. The fourth-order valence-corrected chi connectivity index (χ4v) is 1.79. The second kappa shape index (κ2) is 10.7. The Balaban J connectivity index is 0.000000336. The Hall–Kier alpha value is -3.31. The fourth-order valence-electron chi connectivity index (χ4n) is 1.79. The van der Waals surface area contributed by atoms with Gasteiger partial charge in [-0.15, -0.1) is 0 Å². The molecule has 152 valence electrons. The molecule has 0 amide bonds. The van der Waals surface area contributed by atoms with Crippen molar-refractivity contribution >= 4 is 17.8 Å². The van der Waals surface area contributed by atoms with Gasteiger partial charge in [-0.05, 0) is 26.0 Å². The standard InChI is InChI=1S/C13H16N4O.C4H6O6/c1-9(2)16-13-11(18-3)8-15-12(17-13)10-6-4-5-7-14-10;5-1(3(7)8)2(6)4(9)10/h4-9H,1-3H3,(H,15,16,17);1-2,5-6H,(H,7,8)(H,9,10)/t;1-,2-/m.1/s1. The molecule has 0 aliphatic carbocycles. The van der Waals surface area contributed by atoms with Gasteiger partial charge in [-0.25, -0.2) is 19.6 Å². The highest BCUT2D eigenvalue weighted by Gasteiger charge is 2.29. The van der Waals surface area contributed by atoms with Crippen LogP contribution in [-0.2, 0) is 9.59 Å². The zero-order chi connectivity index (χ0) is 21.3. The lowest BCUT2D eigenvalue weighted by atomic mass is 10.2. The zero-order valence-corrected chi connectivity index (χ0v) is 15.5. The van der Waals surface area contributed by atoms with E-state index in [-0.39, 0.29) is 6.04 Å². The molecule has 11 nitrogen and oxygen atoms in total. The van der Waals surface area contributed by atoms with Gasteiger partial charge in [-0.2, -0.15) is 0 Å². The first-order valence-electron chi connectivity index (χ1n) is 8.08. The minimum atomic E-state index is -2.27. The van der Waals surface area contributed by atoms with Crippen LogP contribution in [0.5, 0.6) is 5.75 Å². The van der Waals surface area contributed by atoms with Crippen LogP contribution in [-0.4, -0.2) is 72.7 Å². The number of aliphatic hydroxyl groups is 2. The van der Waals surface area contributed by atoms with Gasteiger partial charge in [-0.1, -0.05) is 6.07 Å². The molecule has 2 rings (SSSR count). The van der Waals surface area contributed by atoms with Gasteiger partial charge in [0.15, 0.2) is 29.6 Å². The van der Waals surface area contributed by atoms with Crippen LogP contribution in [0.2, 0.25) is 0 Å². The van der Waals surface area contributed by atoms with Gasteiger partial charge in [0.25, 0.3) is 0 Å². The van der Waals surface area contributed by atoms with E-state index in [2.05, 4.69) is 20.3 Å². The molecule has 0 radical (unpaired) electrons. The average molecular weight is 394 g/mol. The van der Waals surface area contributed by atoms with E-state index in [0.717, 1.165) is 5.69 Å². The number of methoxy groups -OCH3 is 1. The molecule has 0 saturated carbocycles. The van der Waals surface area contributed by atoms with Gasteiger partial charge < -0.3 is 30.5 Å². The average Bonchev–Trinajstić information content (AvgIpc) is 2.67. The van der Waals surface area contributed by atoms with E-state index in [4.69, 9.17) is 25.2 Å². The van der Waals surface area contributed by atoms with Crippen molar-refractivity contribution in [2.24, 2.45) is 0 Å². The fraction of sp³-hybridized carbons (Fsp3) is 0.353. The third kappa shape index (κ3) is 6.78. The van der Waals surface area contributed by atoms with Crippen LogP contribution in [0.25, 0.3) is 11.5 Å². The summed E-state index contributed by atoms with van der Waals surface area (Å²) >= 11 is 0. The number of hydrogen-bond acceptors (Lipinski definition) is 9. The van der Waals surface area contributed by atoms with Crippen LogP contribution in [0.15, 0.2) is 30.6 Å². The maximum Gasteiger partial charge on any atom is 0.335 e. The first-order chi connectivity index (χ1) is 13.2. The highest BCUT2D eigenvalue weighted by Crippen LogP contribution is 2.24. The molecule has 2 aromatic rings. The summed E-state index contributed by atoms with van der Waals surface area (Å²) in [6, 6.07) is 5.91. The number of pyridine rings is 1. The molecule has 0 fully saturated rings. The second-order valence-electron chi connectivity index (χ2n) is 5.69. The monoisotopic (exact) mass is 394 g/mol. The number of rotatable bonds is 7. The number of nitrogens with zero attached hydrogens (tertiary/aromatic N) is 3. The lowest BCUT2D eigenvalue weighted by Crippen LogP contribution is -2.39. The molecule has 5 N–H and O–H groups in total. The van der Waals surface area contributed by atoms with E-state index in [1.54, 1.807) is 19.5 Å². The molecule has 2 aromatic heterocycles. The third-order valence-corrected chi connectivity index (χ3v) is 3.10. The number of anilines is 1. The normalized spacial score (nSPS) is 12.4. The molecule has 0 unspecified atom stereocenters. The molecule has 0 aromatic carbocycles. The molecule has 2 atom stereocenters. The van der Waals surface area contributed by atoms with Crippen molar-refractivity contribution in [1.29, 1.82) is 0 Å². The molecule has 0 saturated heterocycles. The number of aliphatic hydroxyl groups excluding tert-OH is 2. The van der Waals surface area contributed by atoms with Crippen LogP contribution < -0.4 is 10.1 Å². The first kappa shape index (κ1) is 22.7. The molecule has 0 aliphatic heterocycles. The molecular weight excluding hydrogens is 372 g/mol. The molecule has 0 bridgehead atoms. The Morgan fingerprint density at radius 1 is 1.07 bits per heavy atom. The van der Waals surface area contributed by atoms with E-state index in [9.17, 15) is 9.59 Å². The van der Waals surface area contributed by atoms with Gasteiger partial charge in [0, 0.05) is 12.2 Å². The van der Waals surface area contributed by atoms with Crippen LogP contribution in [0.3, 0.4) is 0 Å². The van der Waals surface area contributed by atoms with Crippen molar-refractivity contribution in [1.82, 2.24) is 15.0 Å². The maximum absolute atomic E-state index is 9.77. The van der Waals surface area contributed by atoms with E-state index >= 15 is 0 Å². The van der Waals surface area contributed by atoms with Crippen LogP contribution in [0.4, 0.5) is 5.82 Å². The van der Waals surface area contributed by atoms with Crippen LogP contribution in [0, 0.1) is 0 Å². The Morgan fingerprint density at radius 2 is 1.68 bits per heavy atom.